The molecule has 4 nitrogen and oxygen atoms in total. The highest BCUT2D eigenvalue weighted by molar-refractivity contribution is 5.75. The molecule has 1 aromatic rings. The first-order chi connectivity index (χ1) is 11.1. The maximum absolute atomic E-state index is 12.4. The third-order valence-electron chi connectivity index (χ3n) is 5.20. The molecule has 1 heterocycles. The van der Waals surface area contributed by atoms with Gasteiger partial charge in [-0.3, -0.25) is 0 Å². The van der Waals surface area contributed by atoms with Gasteiger partial charge in [-0.25, -0.2) is 4.79 Å². The van der Waals surface area contributed by atoms with Crippen LogP contribution in [0.3, 0.4) is 0 Å². The molecule has 1 aliphatic heterocycles. The number of benzene rings is 1. The number of nitrogens with zero attached hydrogens (tertiary/aromatic N) is 2. The van der Waals surface area contributed by atoms with Gasteiger partial charge >= 0.3 is 6.03 Å². The number of urea groups is 1. The van der Waals surface area contributed by atoms with Gasteiger partial charge in [0.25, 0.3) is 0 Å². The minimum atomic E-state index is 0.137. The molecule has 1 aliphatic carbocycles. The Hall–Kier alpha value is -1.71. The average molecular weight is 315 g/mol. The number of carbonyl (C=O) groups excluding carboxylic acids is 1. The van der Waals surface area contributed by atoms with E-state index in [2.05, 4.69) is 42.3 Å². The SMILES string of the molecule is Cc1ccc(C)c(N2CCN(C(=O)NC3CCCCC3)CC2)c1. The number of hydrogen-bond acceptors (Lipinski definition) is 2. The van der Waals surface area contributed by atoms with Crippen LogP contribution in [0.4, 0.5) is 10.5 Å². The fraction of sp³-hybridized carbons (Fsp3) is 0.632. The number of rotatable bonds is 2. The highest BCUT2D eigenvalue weighted by atomic mass is 16.2. The summed E-state index contributed by atoms with van der Waals surface area (Å²) in [6.07, 6.45) is 6.12. The van der Waals surface area contributed by atoms with Crippen molar-refractivity contribution in [1.29, 1.82) is 0 Å². The summed E-state index contributed by atoms with van der Waals surface area (Å²) in [5, 5.41) is 3.23. The van der Waals surface area contributed by atoms with Crippen molar-refractivity contribution >= 4 is 11.7 Å². The highest BCUT2D eigenvalue weighted by Gasteiger charge is 2.24. The zero-order chi connectivity index (χ0) is 16.2. The minimum Gasteiger partial charge on any atom is -0.368 e. The summed E-state index contributed by atoms with van der Waals surface area (Å²) in [5.41, 5.74) is 3.93. The molecule has 0 atom stereocenters. The van der Waals surface area contributed by atoms with Crippen molar-refractivity contribution in [1.82, 2.24) is 10.2 Å². The predicted octanol–water partition coefficient (Wildman–Crippen LogP) is 3.47. The summed E-state index contributed by atoms with van der Waals surface area (Å²) in [5.74, 6) is 0. The standard InChI is InChI=1S/C19H29N3O/c1-15-8-9-16(2)18(14-15)21-10-12-22(13-11-21)19(23)20-17-6-4-3-5-7-17/h8-9,14,17H,3-7,10-13H2,1-2H3,(H,20,23). The first-order valence-corrected chi connectivity index (χ1v) is 9.01. The van der Waals surface area contributed by atoms with Crippen LogP contribution in [0.25, 0.3) is 0 Å². The lowest BCUT2D eigenvalue weighted by atomic mass is 9.96. The molecule has 4 heteroatoms. The lowest BCUT2D eigenvalue weighted by Crippen LogP contribution is -2.53. The number of piperazine rings is 1. The molecule has 1 aromatic carbocycles. The van der Waals surface area contributed by atoms with E-state index in [9.17, 15) is 4.79 Å². The van der Waals surface area contributed by atoms with Gasteiger partial charge in [0.2, 0.25) is 0 Å². The van der Waals surface area contributed by atoms with Crippen LogP contribution in [0.2, 0.25) is 0 Å². The number of carbonyl (C=O) groups is 1. The molecule has 2 amide bonds. The third-order valence-corrected chi connectivity index (χ3v) is 5.20. The molecule has 0 unspecified atom stereocenters. The molecule has 0 spiro atoms. The summed E-state index contributed by atoms with van der Waals surface area (Å²) in [6, 6.07) is 7.14. The van der Waals surface area contributed by atoms with E-state index in [0.29, 0.717) is 6.04 Å². The van der Waals surface area contributed by atoms with E-state index in [4.69, 9.17) is 0 Å². The maximum atomic E-state index is 12.4. The minimum absolute atomic E-state index is 0.137. The molecule has 23 heavy (non-hydrogen) atoms. The summed E-state index contributed by atoms with van der Waals surface area (Å²) in [7, 11) is 0. The van der Waals surface area contributed by atoms with Crippen LogP contribution in [-0.2, 0) is 0 Å². The van der Waals surface area contributed by atoms with Crippen LogP contribution >= 0.6 is 0 Å². The lowest BCUT2D eigenvalue weighted by Gasteiger charge is -2.37. The Bertz CT molecular complexity index is 544. The molecular weight excluding hydrogens is 286 g/mol. The fourth-order valence-electron chi connectivity index (χ4n) is 3.72. The average Bonchev–Trinajstić information content (AvgIpc) is 2.58. The van der Waals surface area contributed by atoms with Crippen LogP contribution < -0.4 is 10.2 Å². The van der Waals surface area contributed by atoms with Crippen LogP contribution in [0.15, 0.2) is 18.2 Å². The molecule has 126 valence electrons. The van der Waals surface area contributed by atoms with Crippen molar-refractivity contribution in [2.75, 3.05) is 31.1 Å². The largest absolute Gasteiger partial charge is 0.368 e. The normalized spacial score (nSPS) is 19.7. The number of aryl methyl sites for hydroxylation is 2. The van der Waals surface area contributed by atoms with Crippen LogP contribution in [0.1, 0.15) is 43.2 Å². The smallest absolute Gasteiger partial charge is 0.317 e. The highest BCUT2D eigenvalue weighted by Crippen LogP contribution is 2.23. The number of hydrogen-bond donors (Lipinski definition) is 1. The summed E-state index contributed by atoms with van der Waals surface area (Å²) in [4.78, 5) is 16.8. The second-order valence-electron chi connectivity index (χ2n) is 7.05. The monoisotopic (exact) mass is 315 g/mol. The van der Waals surface area contributed by atoms with Gasteiger partial charge in [-0.05, 0) is 43.9 Å². The molecule has 0 bridgehead atoms. The maximum Gasteiger partial charge on any atom is 0.317 e. The Balaban J connectivity index is 1.53. The molecule has 2 fully saturated rings. The molecule has 1 saturated heterocycles. The van der Waals surface area contributed by atoms with E-state index >= 15 is 0 Å². The summed E-state index contributed by atoms with van der Waals surface area (Å²) in [6.45, 7) is 7.76. The number of amides is 2. The molecule has 0 radical (unpaired) electrons. The topological polar surface area (TPSA) is 35.6 Å². The predicted molar refractivity (Wildman–Crippen MR) is 95.1 cm³/mol. The second kappa shape index (κ2) is 7.24. The zero-order valence-electron chi connectivity index (χ0n) is 14.5. The molecule has 0 aromatic heterocycles. The Kier molecular flexibility index (Phi) is 5.09. The van der Waals surface area contributed by atoms with E-state index in [1.54, 1.807) is 0 Å². The van der Waals surface area contributed by atoms with E-state index in [0.717, 1.165) is 39.0 Å². The van der Waals surface area contributed by atoms with E-state index in [1.165, 1.54) is 36.1 Å². The van der Waals surface area contributed by atoms with Gasteiger partial charge in [0.15, 0.2) is 0 Å². The van der Waals surface area contributed by atoms with Gasteiger partial charge in [0, 0.05) is 37.9 Å². The first-order valence-electron chi connectivity index (χ1n) is 9.01. The van der Waals surface area contributed by atoms with Crippen LogP contribution in [-0.4, -0.2) is 43.2 Å². The van der Waals surface area contributed by atoms with Gasteiger partial charge in [-0.15, -0.1) is 0 Å². The van der Waals surface area contributed by atoms with Crippen molar-refractivity contribution in [2.45, 2.75) is 52.0 Å². The molecule has 2 aliphatic rings. The second-order valence-corrected chi connectivity index (χ2v) is 7.05. The van der Waals surface area contributed by atoms with Crippen molar-refractivity contribution in [3.8, 4) is 0 Å². The Morgan fingerprint density at radius 3 is 2.43 bits per heavy atom. The Morgan fingerprint density at radius 2 is 1.74 bits per heavy atom. The Morgan fingerprint density at radius 1 is 1.04 bits per heavy atom. The molecule has 3 rings (SSSR count). The molecule has 1 saturated carbocycles. The fourth-order valence-corrected chi connectivity index (χ4v) is 3.72. The van der Waals surface area contributed by atoms with E-state index in [1.807, 2.05) is 4.90 Å². The summed E-state index contributed by atoms with van der Waals surface area (Å²) >= 11 is 0. The van der Waals surface area contributed by atoms with Crippen molar-refractivity contribution in [3.05, 3.63) is 29.3 Å². The summed E-state index contributed by atoms with van der Waals surface area (Å²) < 4.78 is 0. The van der Waals surface area contributed by atoms with Crippen molar-refractivity contribution in [3.63, 3.8) is 0 Å². The Labute approximate surface area is 139 Å². The van der Waals surface area contributed by atoms with Gasteiger partial charge in [-0.2, -0.15) is 0 Å². The molecular formula is C19H29N3O. The van der Waals surface area contributed by atoms with E-state index in [-0.39, 0.29) is 6.03 Å². The van der Waals surface area contributed by atoms with Gasteiger partial charge < -0.3 is 15.1 Å². The van der Waals surface area contributed by atoms with Gasteiger partial charge in [0.05, 0.1) is 0 Å². The zero-order valence-corrected chi connectivity index (χ0v) is 14.5. The van der Waals surface area contributed by atoms with E-state index < -0.39 is 0 Å². The van der Waals surface area contributed by atoms with Crippen molar-refractivity contribution in [2.24, 2.45) is 0 Å². The van der Waals surface area contributed by atoms with Crippen molar-refractivity contribution < 1.29 is 4.79 Å². The van der Waals surface area contributed by atoms with Gasteiger partial charge in [0.1, 0.15) is 0 Å². The van der Waals surface area contributed by atoms with Crippen LogP contribution in [0, 0.1) is 13.8 Å². The molecule has 1 N–H and O–H groups in total. The van der Waals surface area contributed by atoms with Gasteiger partial charge in [-0.1, -0.05) is 31.4 Å². The lowest BCUT2D eigenvalue weighted by molar-refractivity contribution is 0.186. The number of anilines is 1. The quantitative estimate of drug-likeness (QED) is 0.907. The van der Waals surface area contributed by atoms with Crippen LogP contribution in [0.5, 0.6) is 0 Å². The first kappa shape index (κ1) is 16.2. The number of nitrogens with one attached hydrogen (secondary N) is 1. The third kappa shape index (κ3) is 3.98.